The summed E-state index contributed by atoms with van der Waals surface area (Å²) < 4.78 is 12.8. The Labute approximate surface area is 179 Å². The van der Waals surface area contributed by atoms with Crippen molar-refractivity contribution in [1.29, 1.82) is 0 Å². The fraction of sp³-hybridized carbons (Fsp3) is 0.571. The third kappa shape index (κ3) is 5.31. The molecule has 2 heterocycles. The third-order valence-electron chi connectivity index (χ3n) is 5.72. The number of pyridine rings is 1. The first-order chi connectivity index (χ1) is 14.9. The monoisotopic (exact) mass is 429 g/mol. The van der Waals surface area contributed by atoms with Crippen LogP contribution in [0.15, 0.2) is 12.1 Å². The summed E-state index contributed by atoms with van der Waals surface area (Å²) in [5.41, 5.74) is 1.70. The maximum absolute atomic E-state index is 12.1. The number of carbonyl (C=O) groups excluding carboxylic acids is 1. The first kappa shape index (κ1) is 21.1. The van der Waals surface area contributed by atoms with E-state index in [1.807, 2.05) is 13.0 Å². The fourth-order valence-corrected chi connectivity index (χ4v) is 3.83. The number of aryl methyl sites for hydroxylation is 2. The molecule has 0 aromatic carbocycles. The molecule has 2 aliphatic carbocycles. The lowest BCUT2D eigenvalue weighted by molar-refractivity contribution is -0.138. The van der Waals surface area contributed by atoms with Gasteiger partial charge in [0.1, 0.15) is 5.75 Å². The highest BCUT2D eigenvalue weighted by Crippen LogP contribution is 2.33. The minimum absolute atomic E-state index is 0.00863. The van der Waals surface area contributed by atoms with Gasteiger partial charge in [0.15, 0.2) is 11.5 Å². The molecule has 2 atom stereocenters. The molecule has 10 heteroatoms. The van der Waals surface area contributed by atoms with Crippen molar-refractivity contribution in [3.8, 4) is 17.1 Å². The van der Waals surface area contributed by atoms with Crippen LogP contribution >= 0.6 is 0 Å². The number of hydrogen-bond donors (Lipinski definition) is 2. The lowest BCUT2D eigenvalue weighted by Gasteiger charge is -2.16. The van der Waals surface area contributed by atoms with Crippen molar-refractivity contribution in [1.82, 2.24) is 20.0 Å². The summed E-state index contributed by atoms with van der Waals surface area (Å²) in [6.45, 7) is 2.26. The molecule has 1 amide bonds. The Kier molecular flexibility index (Phi) is 6.06. The molecule has 2 aromatic heterocycles. The van der Waals surface area contributed by atoms with Crippen molar-refractivity contribution in [2.45, 2.75) is 51.6 Å². The predicted octanol–water partition coefficient (Wildman–Crippen LogP) is 3.17. The van der Waals surface area contributed by atoms with Crippen molar-refractivity contribution in [2.75, 3.05) is 11.9 Å². The van der Waals surface area contributed by atoms with Crippen molar-refractivity contribution < 1.29 is 24.2 Å². The molecular weight excluding hydrogens is 402 g/mol. The minimum atomic E-state index is -0.766. The highest BCUT2D eigenvalue weighted by molar-refractivity contribution is 5.88. The molecule has 0 unspecified atom stereocenters. The summed E-state index contributed by atoms with van der Waals surface area (Å²) in [6.07, 6.45) is 4.26. The van der Waals surface area contributed by atoms with Crippen LogP contribution in [0.2, 0.25) is 0 Å². The lowest BCUT2D eigenvalue weighted by Crippen LogP contribution is -2.17. The van der Waals surface area contributed by atoms with Crippen molar-refractivity contribution in [2.24, 2.45) is 18.9 Å². The first-order valence-corrected chi connectivity index (χ1v) is 10.6. The average molecular weight is 429 g/mol. The van der Waals surface area contributed by atoms with Gasteiger partial charge in [-0.05, 0) is 63.0 Å². The molecule has 2 N–H and O–H groups in total. The van der Waals surface area contributed by atoms with E-state index in [2.05, 4.69) is 20.6 Å². The smallest absolute Gasteiger partial charge is 0.412 e. The number of carboxylic acids is 1. The molecule has 0 saturated heterocycles. The zero-order chi connectivity index (χ0) is 22.0. The van der Waals surface area contributed by atoms with Crippen LogP contribution in [-0.4, -0.2) is 49.9 Å². The first-order valence-electron chi connectivity index (χ1n) is 10.6. The summed E-state index contributed by atoms with van der Waals surface area (Å²) in [6, 6.07) is 3.60. The Morgan fingerprint density at radius 1 is 1.23 bits per heavy atom. The quantitative estimate of drug-likeness (QED) is 0.655. The van der Waals surface area contributed by atoms with Crippen molar-refractivity contribution >= 4 is 17.9 Å². The topological polar surface area (TPSA) is 128 Å². The van der Waals surface area contributed by atoms with E-state index in [0.29, 0.717) is 41.2 Å². The molecule has 4 rings (SSSR count). The maximum Gasteiger partial charge on any atom is 0.412 e. The Hall–Kier alpha value is -3.17. The second kappa shape index (κ2) is 8.91. The largest absolute Gasteiger partial charge is 0.489 e. The molecule has 0 spiro atoms. The van der Waals surface area contributed by atoms with Gasteiger partial charge in [0.05, 0.1) is 24.1 Å². The van der Waals surface area contributed by atoms with E-state index in [4.69, 9.17) is 14.6 Å². The van der Waals surface area contributed by atoms with Crippen LogP contribution in [0.3, 0.4) is 0 Å². The number of rotatable bonds is 8. The number of nitrogens with one attached hydrogen (secondary N) is 1. The Bertz CT molecular complexity index is 971. The molecule has 0 bridgehead atoms. The number of hydrogen-bond acceptors (Lipinski definition) is 7. The summed E-state index contributed by atoms with van der Waals surface area (Å²) in [7, 11) is 1.69. The number of aliphatic carboxylic acids is 1. The van der Waals surface area contributed by atoms with Gasteiger partial charge in [0, 0.05) is 13.5 Å². The number of carboxylic acid groups (broad SMARTS) is 1. The fourth-order valence-electron chi connectivity index (χ4n) is 3.83. The van der Waals surface area contributed by atoms with E-state index in [1.54, 1.807) is 13.1 Å². The zero-order valence-corrected chi connectivity index (χ0v) is 17.7. The van der Waals surface area contributed by atoms with E-state index < -0.39 is 12.1 Å². The minimum Gasteiger partial charge on any atom is -0.489 e. The van der Waals surface area contributed by atoms with Crippen LogP contribution in [0, 0.1) is 18.8 Å². The van der Waals surface area contributed by atoms with Gasteiger partial charge in [0.25, 0.3) is 0 Å². The molecule has 10 nitrogen and oxygen atoms in total. The number of amides is 1. The van der Waals surface area contributed by atoms with Crippen molar-refractivity contribution in [3.63, 3.8) is 0 Å². The number of nitrogens with zero attached hydrogens (tertiary/aromatic N) is 4. The van der Waals surface area contributed by atoms with Crippen LogP contribution in [-0.2, 0) is 16.6 Å². The van der Waals surface area contributed by atoms with Crippen LogP contribution in [0.1, 0.15) is 44.2 Å². The normalized spacial score (nSPS) is 20.5. The molecule has 2 saturated carbocycles. The Balaban J connectivity index is 1.42. The Morgan fingerprint density at radius 3 is 2.71 bits per heavy atom. The van der Waals surface area contributed by atoms with Crippen LogP contribution in [0.5, 0.6) is 5.75 Å². The van der Waals surface area contributed by atoms with E-state index in [1.165, 1.54) is 4.68 Å². The average Bonchev–Trinajstić information content (AvgIpc) is 3.35. The summed E-state index contributed by atoms with van der Waals surface area (Å²) in [4.78, 5) is 27.6. The number of anilines is 1. The summed E-state index contributed by atoms with van der Waals surface area (Å²) >= 11 is 0. The van der Waals surface area contributed by atoms with E-state index in [0.717, 1.165) is 32.1 Å². The van der Waals surface area contributed by atoms with Gasteiger partial charge in [-0.1, -0.05) is 5.21 Å². The van der Waals surface area contributed by atoms with Crippen LogP contribution < -0.4 is 10.1 Å². The maximum atomic E-state index is 12.1. The third-order valence-corrected chi connectivity index (χ3v) is 5.72. The van der Waals surface area contributed by atoms with Crippen molar-refractivity contribution in [3.05, 3.63) is 17.8 Å². The van der Waals surface area contributed by atoms with Gasteiger partial charge in [-0.25, -0.2) is 14.5 Å². The van der Waals surface area contributed by atoms with E-state index >= 15 is 0 Å². The second-order valence-corrected chi connectivity index (χ2v) is 8.37. The summed E-state index contributed by atoms with van der Waals surface area (Å²) in [5.74, 6) is 0.937. The molecular formula is C21H27N5O5. The SMILES string of the molecule is Cc1nc(-c2nnn(C)c2NC(=O)OCC2CC2)ccc1O[C@H]1CC[C@H](CC(=O)O)C1. The highest BCUT2D eigenvalue weighted by Gasteiger charge is 2.28. The van der Waals surface area contributed by atoms with E-state index in [-0.39, 0.29) is 18.4 Å². The van der Waals surface area contributed by atoms with Gasteiger partial charge in [0.2, 0.25) is 0 Å². The number of aromatic nitrogens is 4. The van der Waals surface area contributed by atoms with Gasteiger partial charge in [-0.2, -0.15) is 0 Å². The molecule has 2 fully saturated rings. The number of ether oxygens (including phenoxy) is 2. The second-order valence-electron chi connectivity index (χ2n) is 8.37. The summed E-state index contributed by atoms with van der Waals surface area (Å²) in [5, 5.41) is 19.8. The molecule has 0 radical (unpaired) electrons. The molecule has 2 aromatic rings. The van der Waals surface area contributed by atoms with E-state index in [9.17, 15) is 9.59 Å². The zero-order valence-electron chi connectivity index (χ0n) is 17.7. The Morgan fingerprint density at radius 2 is 2.00 bits per heavy atom. The van der Waals surface area contributed by atoms with Gasteiger partial charge < -0.3 is 14.6 Å². The van der Waals surface area contributed by atoms with Crippen LogP contribution in [0.25, 0.3) is 11.4 Å². The predicted molar refractivity (Wildman–Crippen MR) is 111 cm³/mol. The number of carbonyl (C=O) groups is 2. The highest BCUT2D eigenvalue weighted by atomic mass is 16.5. The van der Waals surface area contributed by atoms with Crippen LogP contribution in [0.4, 0.5) is 10.6 Å². The molecule has 2 aliphatic rings. The lowest BCUT2D eigenvalue weighted by atomic mass is 10.0. The van der Waals surface area contributed by atoms with Gasteiger partial charge >= 0.3 is 12.1 Å². The molecule has 0 aliphatic heterocycles. The van der Waals surface area contributed by atoms with Gasteiger partial charge in [-0.3, -0.25) is 10.1 Å². The standard InChI is InChI=1S/C21H27N5O5/c1-12-17(31-15-6-5-14(9-15)10-18(27)28)8-7-16(22-12)19-20(26(2)25-24-19)23-21(29)30-11-13-3-4-13/h7-8,13-15H,3-6,9-11H2,1-2H3,(H,23,29)(H,27,28)/t14-,15-/m0/s1. The molecule has 166 valence electrons. The molecule has 31 heavy (non-hydrogen) atoms. The van der Waals surface area contributed by atoms with Gasteiger partial charge in [-0.15, -0.1) is 5.10 Å².